The Kier molecular flexibility index (Phi) is 7.52. The molecule has 5 aliphatic heterocycles. The number of aromatic nitrogens is 3. The number of anilines is 3. The fraction of sp³-hybridized carbons (Fsp3) is 0.346. The molecular formula is C26H31N9O2. The Balaban J connectivity index is 1.41. The van der Waals surface area contributed by atoms with Crippen LogP contribution in [0.25, 0.3) is 11.3 Å². The van der Waals surface area contributed by atoms with Crippen LogP contribution in [-0.2, 0) is 11.3 Å². The highest BCUT2D eigenvalue weighted by molar-refractivity contribution is 5.95. The second kappa shape index (κ2) is 11.3. The van der Waals surface area contributed by atoms with Gasteiger partial charge in [0, 0.05) is 75.0 Å². The molecule has 5 aliphatic rings. The van der Waals surface area contributed by atoms with Crippen molar-refractivity contribution in [2.24, 2.45) is 5.73 Å². The quantitative estimate of drug-likeness (QED) is 0.390. The van der Waals surface area contributed by atoms with Crippen molar-refractivity contribution in [1.82, 2.24) is 30.1 Å². The molecule has 0 unspecified atom stereocenters. The zero-order valence-electron chi connectivity index (χ0n) is 20.6. The molecule has 37 heavy (non-hydrogen) atoms. The summed E-state index contributed by atoms with van der Waals surface area (Å²) in [7, 11) is 0. The number of pyridine rings is 1. The van der Waals surface area contributed by atoms with Crippen molar-refractivity contribution in [3.8, 4) is 11.3 Å². The van der Waals surface area contributed by atoms with E-state index in [0.717, 1.165) is 60.9 Å². The summed E-state index contributed by atoms with van der Waals surface area (Å²) < 4.78 is 0. The zero-order chi connectivity index (χ0) is 25.6. The van der Waals surface area contributed by atoms with Crippen LogP contribution in [-0.4, -0.2) is 82.4 Å². The second-order valence-corrected chi connectivity index (χ2v) is 9.24. The molecule has 1 aromatic carbocycles. The summed E-state index contributed by atoms with van der Waals surface area (Å²) in [5, 5.41) is 9.55. The van der Waals surface area contributed by atoms with Crippen LogP contribution in [0.15, 0.2) is 48.8 Å². The molecule has 11 heteroatoms. The number of carbonyl (C=O) groups is 2. The number of piperazine rings is 1. The van der Waals surface area contributed by atoms with Gasteiger partial charge in [-0.3, -0.25) is 19.4 Å². The molecule has 0 spiro atoms. The van der Waals surface area contributed by atoms with Gasteiger partial charge in [-0.2, -0.15) is 0 Å². The third-order valence-corrected chi connectivity index (χ3v) is 6.55. The molecule has 2 aromatic heterocycles. The van der Waals surface area contributed by atoms with Crippen molar-refractivity contribution in [1.29, 1.82) is 0 Å². The largest absolute Gasteiger partial charge is 0.370 e. The maximum Gasteiger partial charge on any atom is 0.249 e. The van der Waals surface area contributed by atoms with E-state index < -0.39 is 5.91 Å². The van der Waals surface area contributed by atoms with Gasteiger partial charge in [0.2, 0.25) is 17.8 Å². The van der Waals surface area contributed by atoms with Crippen LogP contribution in [0.2, 0.25) is 0 Å². The first-order valence-electron chi connectivity index (χ1n) is 12.5. The number of benzene rings is 1. The van der Waals surface area contributed by atoms with Gasteiger partial charge in [-0.1, -0.05) is 0 Å². The number of rotatable bonds is 1. The summed E-state index contributed by atoms with van der Waals surface area (Å²) in [6.45, 7) is 5.42. The van der Waals surface area contributed by atoms with Gasteiger partial charge in [0.15, 0.2) is 0 Å². The summed E-state index contributed by atoms with van der Waals surface area (Å²) in [6, 6.07) is 11.2. The number of primary amides is 1. The average molecular weight is 502 g/mol. The lowest BCUT2D eigenvalue weighted by Crippen LogP contribution is -2.49. The van der Waals surface area contributed by atoms with Crippen LogP contribution in [0.5, 0.6) is 0 Å². The van der Waals surface area contributed by atoms with E-state index in [2.05, 4.69) is 40.7 Å². The topological polar surface area (TPSA) is 141 Å². The Bertz CT molecular complexity index is 1260. The molecule has 7 heterocycles. The molecule has 192 valence electrons. The number of amides is 2. The number of nitrogens with two attached hydrogens (primary N) is 1. The molecule has 5 N–H and O–H groups in total. The number of hydrogen-bond acceptors (Lipinski definition) is 9. The van der Waals surface area contributed by atoms with Gasteiger partial charge in [-0.15, -0.1) is 0 Å². The molecule has 0 radical (unpaired) electrons. The summed E-state index contributed by atoms with van der Waals surface area (Å²) in [6.07, 6.45) is 4.26. The Morgan fingerprint density at radius 1 is 0.919 bits per heavy atom. The van der Waals surface area contributed by atoms with E-state index in [1.807, 2.05) is 24.3 Å². The van der Waals surface area contributed by atoms with Crippen LogP contribution in [0.1, 0.15) is 22.3 Å². The standard InChI is InChI=1S/C26H31N9O2/c27-25(37)21-4-3-20-14-19(21)16-34-10-12-35(13-11-34)17-24(36)29-8-1-7-28-23-5-2-18(15-31-23)22-6-9-30-26(32-20)33-22/h2-6,9,14-15H,1,7-8,10-13,16-17H2,(H2,27,37)(H,28,31)(H,29,36)(H,30,32,33). The van der Waals surface area contributed by atoms with Gasteiger partial charge < -0.3 is 21.7 Å². The zero-order valence-corrected chi connectivity index (χ0v) is 20.6. The summed E-state index contributed by atoms with van der Waals surface area (Å²) in [4.78, 5) is 42.4. The lowest BCUT2D eigenvalue weighted by Gasteiger charge is -2.34. The Morgan fingerprint density at radius 2 is 1.70 bits per heavy atom. The van der Waals surface area contributed by atoms with Crippen LogP contribution >= 0.6 is 0 Å². The number of hydrogen-bond donors (Lipinski definition) is 4. The molecule has 0 atom stereocenters. The molecule has 3 aromatic rings. The third-order valence-electron chi connectivity index (χ3n) is 6.55. The molecule has 2 amide bonds. The van der Waals surface area contributed by atoms with Crippen molar-refractivity contribution >= 4 is 29.3 Å². The van der Waals surface area contributed by atoms with Crippen LogP contribution in [0.4, 0.5) is 17.5 Å². The smallest absolute Gasteiger partial charge is 0.249 e. The fourth-order valence-electron chi connectivity index (χ4n) is 4.54. The van der Waals surface area contributed by atoms with Crippen molar-refractivity contribution in [3.05, 3.63) is 59.9 Å². The second-order valence-electron chi connectivity index (χ2n) is 9.24. The normalized spacial score (nSPS) is 20.4. The first-order chi connectivity index (χ1) is 18.0. The highest BCUT2D eigenvalue weighted by Gasteiger charge is 2.21. The van der Waals surface area contributed by atoms with E-state index in [1.165, 1.54) is 0 Å². The predicted octanol–water partition coefficient (Wildman–Crippen LogP) is 1.43. The van der Waals surface area contributed by atoms with Crippen molar-refractivity contribution in [3.63, 3.8) is 0 Å². The molecule has 8 bridgehead atoms. The summed E-state index contributed by atoms with van der Waals surface area (Å²) in [5.41, 5.74) is 9.38. The number of nitrogens with zero attached hydrogens (tertiary/aromatic N) is 5. The monoisotopic (exact) mass is 501 g/mol. The van der Waals surface area contributed by atoms with E-state index >= 15 is 0 Å². The van der Waals surface area contributed by atoms with Crippen molar-refractivity contribution in [2.45, 2.75) is 13.0 Å². The first-order valence-corrected chi connectivity index (χ1v) is 12.5. The highest BCUT2D eigenvalue weighted by atomic mass is 16.2. The van der Waals surface area contributed by atoms with Crippen molar-refractivity contribution < 1.29 is 9.59 Å². The highest BCUT2D eigenvalue weighted by Crippen LogP contribution is 2.23. The Morgan fingerprint density at radius 3 is 2.46 bits per heavy atom. The van der Waals surface area contributed by atoms with Crippen LogP contribution in [0.3, 0.4) is 0 Å². The predicted molar refractivity (Wildman–Crippen MR) is 141 cm³/mol. The minimum Gasteiger partial charge on any atom is -0.370 e. The van der Waals surface area contributed by atoms with Gasteiger partial charge in [0.25, 0.3) is 0 Å². The van der Waals surface area contributed by atoms with Gasteiger partial charge >= 0.3 is 0 Å². The van der Waals surface area contributed by atoms with E-state index in [-0.39, 0.29) is 5.91 Å². The molecular weight excluding hydrogens is 470 g/mol. The molecule has 1 saturated heterocycles. The maximum absolute atomic E-state index is 12.4. The van der Waals surface area contributed by atoms with Crippen LogP contribution < -0.4 is 21.7 Å². The molecule has 0 aliphatic carbocycles. The van der Waals surface area contributed by atoms with Crippen molar-refractivity contribution in [2.75, 3.05) is 56.4 Å². The Hall–Kier alpha value is -4.09. The minimum absolute atomic E-state index is 0.0342. The van der Waals surface area contributed by atoms with Gasteiger partial charge in [-0.25, -0.2) is 15.0 Å². The lowest BCUT2D eigenvalue weighted by atomic mass is 10.0. The van der Waals surface area contributed by atoms with E-state index in [1.54, 1.807) is 24.5 Å². The summed E-state index contributed by atoms with van der Waals surface area (Å²) in [5.74, 6) is 0.785. The Labute approximate surface area is 215 Å². The third kappa shape index (κ3) is 6.38. The molecule has 1 fully saturated rings. The van der Waals surface area contributed by atoms with E-state index in [4.69, 9.17) is 5.73 Å². The molecule has 11 nitrogen and oxygen atoms in total. The first kappa shape index (κ1) is 24.6. The van der Waals surface area contributed by atoms with Gasteiger partial charge in [0.05, 0.1) is 12.2 Å². The number of nitrogens with one attached hydrogen (secondary N) is 3. The van der Waals surface area contributed by atoms with Gasteiger partial charge in [0.1, 0.15) is 5.82 Å². The van der Waals surface area contributed by atoms with E-state index in [0.29, 0.717) is 37.7 Å². The average Bonchev–Trinajstić information content (AvgIpc) is 2.90. The lowest BCUT2D eigenvalue weighted by molar-refractivity contribution is -0.122. The molecule has 0 saturated carbocycles. The van der Waals surface area contributed by atoms with E-state index in [9.17, 15) is 9.59 Å². The maximum atomic E-state index is 12.4. The SMILES string of the molecule is NC(=O)c1ccc2cc1CN1CCN(CC1)CC(=O)NCCCNc1ccc(cn1)-c1ccnc(n1)N2. The molecule has 8 rings (SSSR count). The van der Waals surface area contributed by atoms with Crippen LogP contribution in [0, 0.1) is 0 Å². The number of carbonyl (C=O) groups excluding carboxylic acids is 2. The summed E-state index contributed by atoms with van der Waals surface area (Å²) >= 11 is 0. The minimum atomic E-state index is -0.460. The van der Waals surface area contributed by atoms with Gasteiger partial charge in [-0.05, 0) is 48.4 Å². The fourth-order valence-corrected chi connectivity index (χ4v) is 4.54.